The lowest BCUT2D eigenvalue weighted by Gasteiger charge is -2.13. The molecule has 0 unspecified atom stereocenters. The number of ether oxygens (including phenoxy) is 2. The maximum atomic E-state index is 12.9. The number of aromatic hydroxyl groups is 1. The quantitative estimate of drug-likeness (QED) is 0.791. The number of hydrogen-bond acceptors (Lipinski definition) is 5. The van der Waals surface area contributed by atoms with Gasteiger partial charge in [-0.25, -0.2) is 4.79 Å². The average molecular weight is 369 g/mol. The van der Waals surface area contributed by atoms with Crippen LogP contribution in [0.25, 0.3) is 0 Å². The molecule has 1 amide bonds. The Morgan fingerprint density at radius 2 is 1.85 bits per heavy atom. The van der Waals surface area contributed by atoms with Gasteiger partial charge < -0.3 is 19.9 Å². The van der Waals surface area contributed by atoms with Crippen molar-refractivity contribution < 1.29 is 37.3 Å². The summed E-state index contributed by atoms with van der Waals surface area (Å²) in [5.74, 6) is -2.10. The summed E-state index contributed by atoms with van der Waals surface area (Å²) in [6, 6.07) is 8.22. The maximum Gasteiger partial charge on any atom is 0.418 e. The van der Waals surface area contributed by atoms with Gasteiger partial charge in [0.25, 0.3) is 5.91 Å². The molecule has 26 heavy (non-hydrogen) atoms. The van der Waals surface area contributed by atoms with Crippen LogP contribution in [0.5, 0.6) is 11.5 Å². The monoisotopic (exact) mass is 369 g/mol. The molecule has 2 aromatic carbocycles. The van der Waals surface area contributed by atoms with Crippen molar-refractivity contribution >= 4 is 17.6 Å². The van der Waals surface area contributed by atoms with Gasteiger partial charge in [0.1, 0.15) is 17.1 Å². The molecule has 0 aromatic heterocycles. The van der Waals surface area contributed by atoms with Crippen LogP contribution >= 0.6 is 0 Å². The largest absolute Gasteiger partial charge is 0.507 e. The lowest BCUT2D eigenvalue weighted by molar-refractivity contribution is -0.137. The molecule has 2 aromatic rings. The van der Waals surface area contributed by atoms with Crippen LogP contribution in [0.15, 0.2) is 42.5 Å². The first-order valence-corrected chi connectivity index (χ1v) is 7.22. The summed E-state index contributed by atoms with van der Waals surface area (Å²) in [6.45, 7) is -0.832. The zero-order valence-corrected chi connectivity index (χ0v) is 13.5. The smallest absolute Gasteiger partial charge is 0.418 e. The van der Waals surface area contributed by atoms with E-state index in [4.69, 9.17) is 9.47 Å². The number of methoxy groups -OCH3 is 1. The first-order chi connectivity index (χ1) is 12.2. The minimum absolute atomic E-state index is 0.243. The van der Waals surface area contributed by atoms with E-state index < -0.39 is 41.7 Å². The summed E-state index contributed by atoms with van der Waals surface area (Å²) in [5, 5.41) is 11.7. The van der Waals surface area contributed by atoms with E-state index in [1.807, 2.05) is 5.32 Å². The van der Waals surface area contributed by atoms with Crippen molar-refractivity contribution in [3.63, 3.8) is 0 Å². The van der Waals surface area contributed by atoms with E-state index in [9.17, 15) is 27.9 Å². The number of rotatable bonds is 5. The normalized spacial score (nSPS) is 10.9. The third-order valence-electron chi connectivity index (χ3n) is 3.26. The van der Waals surface area contributed by atoms with Gasteiger partial charge in [-0.15, -0.1) is 0 Å². The Morgan fingerprint density at radius 3 is 2.50 bits per heavy atom. The summed E-state index contributed by atoms with van der Waals surface area (Å²) < 4.78 is 48.2. The number of nitrogens with one attached hydrogen (secondary N) is 1. The van der Waals surface area contributed by atoms with Gasteiger partial charge in [-0.05, 0) is 30.3 Å². The second-order valence-electron chi connectivity index (χ2n) is 5.05. The van der Waals surface area contributed by atoms with E-state index in [0.29, 0.717) is 0 Å². The van der Waals surface area contributed by atoms with Crippen molar-refractivity contribution in [2.75, 3.05) is 19.0 Å². The molecule has 6 nitrogen and oxygen atoms in total. The average Bonchev–Trinajstić information content (AvgIpc) is 2.59. The molecule has 0 radical (unpaired) electrons. The van der Waals surface area contributed by atoms with Crippen LogP contribution in [0.1, 0.15) is 15.9 Å². The van der Waals surface area contributed by atoms with E-state index in [0.717, 1.165) is 12.1 Å². The molecule has 0 aliphatic heterocycles. The first kappa shape index (κ1) is 19.1. The summed E-state index contributed by atoms with van der Waals surface area (Å²) in [6.07, 6.45) is -4.65. The van der Waals surface area contributed by atoms with Crippen molar-refractivity contribution in [2.45, 2.75) is 6.18 Å². The minimum atomic E-state index is -4.65. The van der Waals surface area contributed by atoms with Gasteiger partial charge >= 0.3 is 12.1 Å². The molecule has 0 aliphatic carbocycles. The second kappa shape index (κ2) is 7.77. The van der Waals surface area contributed by atoms with Gasteiger partial charge in [-0.2, -0.15) is 13.2 Å². The van der Waals surface area contributed by atoms with Crippen LogP contribution in [0, 0.1) is 0 Å². The van der Waals surface area contributed by atoms with E-state index in [2.05, 4.69) is 0 Å². The highest BCUT2D eigenvalue weighted by Crippen LogP contribution is 2.34. The lowest BCUT2D eigenvalue weighted by atomic mass is 10.1. The van der Waals surface area contributed by atoms with Crippen LogP contribution in [-0.4, -0.2) is 30.7 Å². The molecular weight excluding hydrogens is 355 g/mol. The Balaban J connectivity index is 2.03. The molecule has 0 bridgehead atoms. The number of alkyl halides is 3. The molecule has 0 atom stereocenters. The van der Waals surface area contributed by atoms with Crippen LogP contribution in [0.2, 0.25) is 0 Å². The van der Waals surface area contributed by atoms with Crippen molar-refractivity contribution in [2.24, 2.45) is 0 Å². The standard InChI is InChI=1S/C17H14F3NO5/c1-25-10-6-7-14(22)11(8-10)16(24)26-9-15(23)21-13-5-3-2-4-12(13)17(18,19)20/h2-8,22H,9H2,1H3,(H,21,23). The minimum Gasteiger partial charge on any atom is -0.507 e. The highest BCUT2D eigenvalue weighted by Gasteiger charge is 2.33. The Labute approximate surface area is 146 Å². The molecule has 9 heteroatoms. The van der Waals surface area contributed by atoms with Crippen molar-refractivity contribution in [1.82, 2.24) is 0 Å². The number of para-hydroxylation sites is 1. The Bertz CT molecular complexity index is 820. The molecule has 0 spiro atoms. The zero-order valence-electron chi connectivity index (χ0n) is 13.5. The maximum absolute atomic E-state index is 12.9. The molecule has 2 rings (SSSR count). The number of amides is 1. The lowest BCUT2D eigenvalue weighted by Crippen LogP contribution is -2.22. The second-order valence-corrected chi connectivity index (χ2v) is 5.05. The molecule has 0 saturated heterocycles. The summed E-state index contributed by atoms with van der Waals surface area (Å²) in [7, 11) is 1.35. The number of benzene rings is 2. The number of carbonyl (C=O) groups is 2. The van der Waals surface area contributed by atoms with E-state index >= 15 is 0 Å². The number of anilines is 1. The van der Waals surface area contributed by atoms with E-state index in [1.165, 1.54) is 37.4 Å². The molecule has 0 heterocycles. The van der Waals surface area contributed by atoms with Gasteiger partial charge in [0, 0.05) is 0 Å². The third-order valence-corrected chi connectivity index (χ3v) is 3.26. The topological polar surface area (TPSA) is 84.9 Å². The number of esters is 1. The molecule has 0 saturated carbocycles. The Morgan fingerprint density at radius 1 is 1.15 bits per heavy atom. The van der Waals surface area contributed by atoms with Gasteiger partial charge in [0.05, 0.1) is 18.4 Å². The Hall–Kier alpha value is -3.23. The van der Waals surface area contributed by atoms with Crippen LogP contribution in [0.3, 0.4) is 0 Å². The fourth-order valence-electron chi connectivity index (χ4n) is 2.04. The van der Waals surface area contributed by atoms with E-state index in [1.54, 1.807) is 0 Å². The van der Waals surface area contributed by atoms with Gasteiger partial charge in [0.15, 0.2) is 6.61 Å². The molecule has 2 N–H and O–H groups in total. The number of phenolic OH excluding ortho intramolecular Hbond substituents is 1. The molecular formula is C17H14F3NO5. The van der Waals surface area contributed by atoms with Gasteiger partial charge in [0.2, 0.25) is 0 Å². The predicted molar refractivity (Wildman–Crippen MR) is 85.0 cm³/mol. The molecule has 138 valence electrons. The first-order valence-electron chi connectivity index (χ1n) is 7.22. The van der Waals surface area contributed by atoms with Gasteiger partial charge in [-0.1, -0.05) is 12.1 Å². The highest BCUT2D eigenvalue weighted by molar-refractivity contribution is 5.97. The fraction of sp³-hybridized carbons (Fsp3) is 0.176. The van der Waals surface area contributed by atoms with Crippen molar-refractivity contribution in [3.8, 4) is 11.5 Å². The third kappa shape index (κ3) is 4.65. The van der Waals surface area contributed by atoms with Crippen molar-refractivity contribution in [3.05, 3.63) is 53.6 Å². The Kier molecular flexibility index (Phi) is 5.71. The number of halogens is 3. The number of carbonyl (C=O) groups excluding carboxylic acids is 2. The number of hydrogen-bond donors (Lipinski definition) is 2. The molecule has 0 aliphatic rings. The number of phenols is 1. The van der Waals surface area contributed by atoms with Crippen molar-refractivity contribution in [1.29, 1.82) is 0 Å². The van der Waals surface area contributed by atoms with Crippen LogP contribution < -0.4 is 10.1 Å². The fourth-order valence-corrected chi connectivity index (χ4v) is 2.04. The van der Waals surface area contributed by atoms with Crippen LogP contribution in [-0.2, 0) is 15.7 Å². The zero-order chi connectivity index (χ0) is 19.3. The highest BCUT2D eigenvalue weighted by atomic mass is 19.4. The molecule has 0 fully saturated rings. The summed E-state index contributed by atoms with van der Waals surface area (Å²) >= 11 is 0. The summed E-state index contributed by atoms with van der Waals surface area (Å²) in [5.41, 5.74) is -1.72. The SMILES string of the molecule is COc1ccc(O)c(C(=O)OCC(=O)Nc2ccccc2C(F)(F)F)c1. The van der Waals surface area contributed by atoms with Gasteiger partial charge in [-0.3, -0.25) is 4.79 Å². The van der Waals surface area contributed by atoms with E-state index in [-0.39, 0.29) is 11.3 Å². The van der Waals surface area contributed by atoms with Crippen LogP contribution in [0.4, 0.5) is 18.9 Å². The summed E-state index contributed by atoms with van der Waals surface area (Å²) in [4.78, 5) is 23.7. The predicted octanol–water partition coefficient (Wildman–Crippen LogP) is 3.22.